The monoisotopic (exact) mass is 348 g/mol. The SMILES string of the molecule is COC(CN)CC(=O)Nc1ccc(NC(=O)N2CCCCCC2)cc1. The predicted octanol–water partition coefficient (Wildman–Crippen LogP) is 2.40. The number of nitrogens with two attached hydrogens (primary N) is 1. The summed E-state index contributed by atoms with van der Waals surface area (Å²) < 4.78 is 5.10. The van der Waals surface area contributed by atoms with Crippen molar-refractivity contribution in [2.24, 2.45) is 5.73 Å². The van der Waals surface area contributed by atoms with Gasteiger partial charge in [0.05, 0.1) is 12.5 Å². The molecule has 1 heterocycles. The number of anilines is 2. The topological polar surface area (TPSA) is 96.7 Å². The van der Waals surface area contributed by atoms with Crippen molar-refractivity contribution in [1.82, 2.24) is 4.90 Å². The van der Waals surface area contributed by atoms with E-state index in [-0.39, 0.29) is 24.5 Å². The van der Waals surface area contributed by atoms with Gasteiger partial charge in [0.2, 0.25) is 5.91 Å². The van der Waals surface area contributed by atoms with E-state index in [0.717, 1.165) is 25.9 Å². The van der Waals surface area contributed by atoms with E-state index < -0.39 is 0 Å². The summed E-state index contributed by atoms with van der Waals surface area (Å²) in [6.07, 6.45) is 4.42. The molecule has 7 heteroatoms. The quantitative estimate of drug-likeness (QED) is 0.735. The Kier molecular flexibility index (Phi) is 7.69. The molecule has 1 aromatic rings. The molecule has 7 nitrogen and oxygen atoms in total. The number of nitrogens with zero attached hydrogens (tertiary/aromatic N) is 1. The Morgan fingerprint density at radius 3 is 2.16 bits per heavy atom. The van der Waals surface area contributed by atoms with Crippen LogP contribution in [0.1, 0.15) is 32.1 Å². The Morgan fingerprint density at radius 2 is 1.64 bits per heavy atom. The van der Waals surface area contributed by atoms with E-state index in [9.17, 15) is 9.59 Å². The highest BCUT2D eigenvalue weighted by Crippen LogP contribution is 2.16. The summed E-state index contributed by atoms with van der Waals surface area (Å²) in [6.45, 7) is 1.91. The maximum absolute atomic E-state index is 12.3. The lowest BCUT2D eigenvalue weighted by molar-refractivity contribution is -0.118. The number of ether oxygens (including phenoxy) is 1. The van der Waals surface area contributed by atoms with E-state index >= 15 is 0 Å². The first-order valence-corrected chi connectivity index (χ1v) is 8.81. The Hall–Kier alpha value is -2.12. The molecule has 0 aromatic heterocycles. The predicted molar refractivity (Wildman–Crippen MR) is 98.6 cm³/mol. The summed E-state index contributed by atoms with van der Waals surface area (Å²) in [4.78, 5) is 26.1. The third kappa shape index (κ3) is 6.36. The number of carbonyl (C=O) groups excluding carboxylic acids is 2. The number of amides is 3. The first-order valence-electron chi connectivity index (χ1n) is 8.81. The van der Waals surface area contributed by atoms with Gasteiger partial charge in [-0.25, -0.2) is 4.79 Å². The summed E-state index contributed by atoms with van der Waals surface area (Å²) in [5.74, 6) is -0.154. The molecule has 25 heavy (non-hydrogen) atoms. The maximum Gasteiger partial charge on any atom is 0.321 e. The molecule has 0 radical (unpaired) electrons. The van der Waals surface area contributed by atoms with Gasteiger partial charge in [0.15, 0.2) is 0 Å². The normalized spacial score (nSPS) is 16.0. The molecule has 0 saturated carbocycles. The van der Waals surface area contributed by atoms with Gasteiger partial charge in [0.1, 0.15) is 0 Å². The summed E-state index contributed by atoms with van der Waals surface area (Å²) in [5.41, 5.74) is 6.90. The third-order valence-electron chi connectivity index (χ3n) is 4.32. The van der Waals surface area contributed by atoms with E-state index in [1.165, 1.54) is 20.0 Å². The Labute approximate surface area is 148 Å². The minimum atomic E-state index is -0.285. The fourth-order valence-electron chi connectivity index (χ4n) is 2.79. The van der Waals surface area contributed by atoms with Gasteiger partial charge in [-0.2, -0.15) is 0 Å². The summed E-state index contributed by atoms with van der Waals surface area (Å²) >= 11 is 0. The zero-order valence-corrected chi connectivity index (χ0v) is 14.8. The fraction of sp³-hybridized carbons (Fsp3) is 0.556. The average Bonchev–Trinajstić information content (AvgIpc) is 2.91. The highest BCUT2D eigenvalue weighted by molar-refractivity contribution is 5.92. The van der Waals surface area contributed by atoms with Crippen molar-refractivity contribution in [2.75, 3.05) is 37.4 Å². The second-order valence-electron chi connectivity index (χ2n) is 6.25. The molecule has 0 aliphatic carbocycles. The molecule has 1 aromatic carbocycles. The number of benzene rings is 1. The van der Waals surface area contributed by atoms with Crippen LogP contribution in [0.2, 0.25) is 0 Å². The smallest absolute Gasteiger partial charge is 0.321 e. The number of rotatable bonds is 6. The molecule has 1 aliphatic heterocycles. The average molecular weight is 348 g/mol. The number of urea groups is 1. The molecule has 4 N–H and O–H groups in total. The van der Waals surface area contributed by atoms with E-state index in [4.69, 9.17) is 10.5 Å². The fourth-order valence-corrected chi connectivity index (χ4v) is 2.79. The molecular formula is C18H28N4O3. The van der Waals surface area contributed by atoms with Crippen LogP contribution >= 0.6 is 0 Å². The number of nitrogens with one attached hydrogen (secondary N) is 2. The zero-order valence-electron chi connectivity index (χ0n) is 14.8. The molecule has 1 saturated heterocycles. The molecule has 1 atom stereocenters. The highest BCUT2D eigenvalue weighted by Gasteiger charge is 2.15. The van der Waals surface area contributed by atoms with Crippen LogP contribution in [0, 0.1) is 0 Å². The van der Waals surface area contributed by atoms with Crippen LogP contribution < -0.4 is 16.4 Å². The molecule has 3 amide bonds. The van der Waals surface area contributed by atoms with Crippen LogP contribution in [-0.4, -0.2) is 49.7 Å². The minimum Gasteiger partial charge on any atom is -0.380 e. The van der Waals surface area contributed by atoms with Crippen LogP contribution in [0.15, 0.2) is 24.3 Å². The van der Waals surface area contributed by atoms with Gasteiger partial charge in [0, 0.05) is 38.1 Å². The van der Waals surface area contributed by atoms with Gasteiger partial charge in [-0.05, 0) is 37.1 Å². The van der Waals surface area contributed by atoms with Gasteiger partial charge in [0.25, 0.3) is 0 Å². The molecule has 1 aliphatic rings. The number of carbonyl (C=O) groups is 2. The van der Waals surface area contributed by atoms with Crippen molar-refractivity contribution in [3.8, 4) is 0 Å². The van der Waals surface area contributed by atoms with E-state index in [0.29, 0.717) is 17.9 Å². The Morgan fingerprint density at radius 1 is 1.08 bits per heavy atom. The second-order valence-corrected chi connectivity index (χ2v) is 6.25. The zero-order chi connectivity index (χ0) is 18.1. The van der Waals surface area contributed by atoms with Gasteiger partial charge < -0.3 is 26.0 Å². The lowest BCUT2D eigenvalue weighted by Crippen LogP contribution is -2.35. The highest BCUT2D eigenvalue weighted by atomic mass is 16.5. The van der Waals surface area contributed by atoms with Crippen molar-refractivity contribution < 1.29 is 14.3 Å². The van der Waals surface area contributed by atoms with Crippen LogP contribution in [0.5, 0.6) is 0 Å². The molecule has 1 fully saturated rings. The number of hydrogen-bond donors (Lipinski definition) is 3. The Balaban J connectivity index is 1.84. The van der Waals surface area contributed by atoms with Crippen molar-refractivity contribution in [3.63, 3.8) is 0 Å². The summed E-state index contributed by atoms with van der Waals surface area (Å²) in [5, 5.41) is 5.70. The van der Waals surface area contributed by atoms with E-state index in [1.54, 1.807) is 24.3 Å². The Bertz CT molecular complexity index is 550. The number of methoxy groups -OCH3 is 1. The van der Waals surface area contributed by atoms with Crippen molar-refractivity contribution in [1.29, 1.82) is 0 Å². The molecule has 2 rings (SSSR count). The van der Waals surface area contributed by atoms with Crippen molar-refractivity contribution >= 4 is 23.3 Å². The third-order valence-corrected chi connectivity index (χ3v) is 4.32. The van der Waals surface area contributed by atoms with Gasteiger partial charge >= 0.3 is 6.03 Å². The van der Waals surface area contributed by atoms with Crippen LogP contribution in [0.25, 0.3) is 0 Å². The minimum absolute atomic E-state index is 0.0652. The number of hydrogen-bond acceptors (Lipinski definition) is 4. The standard InChI is InChI=1S/C18H28N4O3/c1-25-16(13-19)12-17(23)20-14-6-8-15(9-7-14)21-18(24)22-10-4-2-3-5-11-22/h6-9,16H,2-5,10-13,19H2,1H3,(H,20,23)(H,21,24). The summed E-state index contributed by atoms with van der Waals surface area (Å²) in [6, 6.07) is 7.02. The van der Waals surface area contributed by atoms with Crippen LogP contribution in [0.3, 0.4) is 0 Å². The lowest BCUT2D eigenvalue weighted by atomic mass is 10.2. The first-order chi connectivity index (χ1) is 12.1. The van der Waals surface area contributed by atoms with Crippen LogP contribution in [0.4, 0.5) is 16.2 Å². The van der Waals surface area contributed by atoms with E-state index in [1.807, 2.05) is 4.90 Å². The molecule has 138 valence electrons. The van der Waals surface area contributed by atoms with Gasteiger partial charge in [-0.1, -0.05) is 12.8 Å². The lowest BCUT2D eigenvalue weighted by Gasteiger charge is -2.20. The second kappa shape index (κ2) is 10.0. The molecule has 0 spiro atoms. The first kappa shape index (κ1) is 19.2. The van der Waals surface area contributed by atoms with E-state index in [2.05, 4.69) is 10.6 Å². The molecule has 1 unspecified atom stereocenters. The van der Waals surface area contributed by atoms with Crippen molar-refractivity contribution in [2.45, 2.75) is 38.2 Å². The largest absolute Gasteiger partial charge is 0.380 e. The molecular weight excluding hydrogens is 320 g/mol. The van der Waals surface area contributed by atoms with Crippen molar-refractivity contribution in [3.05, 3.63) is 24.3 Å². The van der Waals surface area contributed by atoms with Gasteiger partial charge in [-0.15, -0.1) is 0 Å². The summed E-state index contributed by atoms with van der Waals surface area (Å²) in [7, 11) is 1.53. The maximum atomic E-state index is 12.3. The van der Waals surface area contributed by atoms with Crippen LogP contribution in [-0.2, 0) is 9.53 Å². The number of likely N-dealkylation sites (tertiary alicyclic amines) is 1. The van der Waals surface area contributed by atoms with Gasteiger partial charge in [-0.3, -0.25) is 4.79 Å². The molecule has 0 bridgehead atoms.